The zero-order valence-corrected chi connectivity index (χ0v) is 14.5. The van der Waals surface area contributed by atoms with Crippen molar-refractivity contribution in [2.75, 3.05) is 6.61 Å². The Morgan fingerprint density at radius 3 is 2.72 bits per heavy atom. The molecule has 2 aromatic rings. The van der Waals surface area contributed by atoms with Crippen LogP contribution in [-0.2, 0) is 5.54 Å². The number of nitrogens with zero attached hydrogens (tertiary/aromatic N) is 3. The van der Waals surface area contributed by atoms with Crippen LogP contribution in [0.25, 0.3) is 0 Å². The number of carbonyl (C=O) groups excluding carboxylic acids is 1. The van der Waals surface area contributed by atoms with E-state index in [4.69, 9.17) is 9.26 Å². The summed E-state index contributed by atoms with van der Waals surface area (Å²) in [6.07, 6.45) is 6.09. The van der Waals surface area contributed by atoms with Gasteiger partial charge in [0, 0.05) is 19.2 Å². The molecule has 2 fully saturated rings. The molecule has 0 spiro atoms. The van der Waals surface area contributed by atoms with E-state index in [0.29, 0.717) is 41.6 Å². The van der Waals surface area contributed by atoms with Crippen molar-refractivity contribution in [1.29, 1.82) is 0 Å². The number of ether oxygens (including phenoxy) is 1. The summed E-state index contributed by atoms with van der Waals surface area (Å²) < 4.78 is 10.7. The lowest BCUT2D eigenvalue weighted by Crippen LogP contribution is -2.46. The molecule has 25 heavy (non-hydrogen) atoms. The van der Waals surface area contributed by atoms with Crippen LogP contribution in [0, 0.1) is 18.8 Å². The summed E-state index contributed by atoms with van der Waals surface area (Å²) in [5.41, 5.74) is -0.137. The summed E-state index contributed by atoms with van der Waals surface area (Å²) in [4.78, 5) is 21.2. The van der Waals surface area contributed by atoms with Gasteiger partial charge < -0.3 is 14.6 Å². The first-order chi connectivity index (χ1) is 12.0. The molecule has 2 heterocycles. The summed E-state index contributed by atoms with van der Waals surface area (Å²) in [5, 5.41) is 7.10. The van der Waals surface area contributed by atoms with Gasteiger partial charge >= 0.3 is 0 Å². The van der Waals surface area contributed by atoms with Gasteiger partial charge in [0.1, 0.15) is 5.54 Å². The molecule has 0 aromatic carbocycles. The van der Waals surface area contributed by atoms with Crippen LogP contribution in [0.1, 0.15) is 54.7 Å². The number of nitrogens with one attached hydrogen (secondary N) is 1. The van der Waals surface area contributed by atoms with E-state index in [1.54, 1.807) is 25.3 Å². The molecule has 0 saturated heterocycles. The molecule has 1 unspecified atom stereocenters. The summed E-state index contributed by atoms with van der Waals surface area (Å²) in [6.45, 7) is 4.40. The number of amides is 1. The van der Waals surface area contributed by atoms with Crippen LogP contribution in [0.5, 0.6) is 5.88 Å². The quantitative estimate of drug-likeness (QED) is 0.832. The van der Waals surface area contributed by atoms with E-state index in [9.17, 15) is 4.79 Å². The van der Waals surface area contributed by atoms with E-state index in [1.807, 2.05) is 6.92 Å². The summed E-state index contributed by atoms with van der Waals surface area (Å²) in [5.74, 6) is 2.37. The van der Waals surface area contributed by atoms with E-state index in [0.717, 1.165) is 12.8 Å². The van der Waals surface area contributed by atoms with Crippen molar-refractivity contribution in [2.45, 2.75) is 45.1 Å². The zero-order valence-electron chi connectivity index (χ0n) is 14.5. The minimum Gasteiger partial charge on any atom is -0.477 e. The maximum Gasteiger partial charge on any atom is 0.253 e. The largest absolute Gasteiger partial charge is 0.477 e. The number of rotatable bonds is 7. The molecule has 0 aliphatic heterocycles. The van der Waals surface area contributed by atoms with Gasteiger partial charge in [-0.1, -0.05) is 5.16 Å². The van der Waals surface area contributed by atoms with E-state index >= 15 is 0 Å². The lowest BCUT2D eigenvalue weighted by atomic mass is 9.94. The molecule has 1 amide bonds. The highest BCUT2D eigenvalue weighted by atomic mass is 16.5. The molecule has 2 aromatic heterocycles. The third-order valence-corrected chi connectivity index (χ3v) is 4.92. The van der Waals surface area contributed by atoms with Crippen molar-refractivity contribution in [2.24, 2.45) is 11.8 Å². The van der Waals surface area contributed by atoms with Gasteiger partial charge in [-0.25, -0.2) is 4.98 Å². The Kier molecular flexibility index (Phi) is 3.94. The van der Waals surface area contributed by atoms with Crippen molar-refractivity contribution >= 4 is 5.91 Å². The standard InChI is InChI=1S/C18H22N4O3/c1-11-20-17(22-25-11)18(2,14-6-7-14)21-16(23)13-5-8-15(19-9-13)24-10-12-3-4-12/h5,8-9,12,14H,3-4,6-7,10H2,1-2H3,(H,21,23). The van der Waals surface area contributed by atoms with E-state index < -0.39 is 5.54 Å². The molecule has 7 heteroatoms. The van der Waals surface area contributed by atoms with Gasteiger partial charge in [-0.2, -0.15) is 4.98 Å². The summed E-state index contributed by atoms with van der Waals surface area (Å²) in [6, 6.07) is 3.48. The highest BCUT2D eigenvalue weighted by molar-refractivity contribution is 5.94. The SMILES string of the molecule is Cc1nc(C(C)(NC(=O)c2ccc(OCC3CC3)nc2)C2CC2)no1. The number of pyridine rings is 1. The second kappa shape index (κ2) is 6.13. The minimum atomic E-state index is -0.629. The predicted octanol–water partition coefficient (Wildman–Crippen LogP) is 2.62. The van der Waals surface area contributed by atoms with Crippen LogP contribution in [0.15, 0.2) is 22.9 Å². The van der Waals surface area contributed by atoms with Crippen molar-refractivity contribution in [3.8, 4) is 5.88 Å². The fourth-order valence-electron chi connectivity index (χ4n) is 2.91. The monoisotopic (exact) mass is 342 g/mol. The van der Waals surface area contributed by atoms with Crippen LogP contribution in [-0.4, -0.2) is 27.6 Å². The lowest BCUT2D eigenvalue weighted by molar-refractivity contribution is 0.0885. The molecule has 2 saturated carbocycles. The second-order valence-electron chi connectivity index (χ2n) is 7.21. The molecule has 132 valence electrons. The first-order valence-electron chi connectivity index (χ1n) is 8.77. The first kappa shape index (κ1) is 16.1. The maximum atomic E-state index is 12.7. The van der Waals surface area contributed by atoms with Gasteiger partial charge in [0.15, 0.2) is 5.82 Å². The van der Waals surface area contributed by atoms with Gasteiger partial charge in [0.2, 0.25) is 11.8 Å². The van der Waals surface area contributed by atoms with Gasteiger partial charge in [-0.3, -0.25) is 4.79 Å². The third-order valence-electron chi connectivity index (χ3n) is 4.92. The lowest BCUT2D eigenvalue weighted by Gasteiger charge is -2.27. The summed E-state index contributed by atoms with van der Waals surface area (Å²) >= 11 is 0. The first-order valence-corrected chi connectivity index (χ1v) is 8.77. The van der Waals surface area contributed by atoms with Crippen molar-refractivity contribution in [1.82, 2.24) is 20.4 Å². The Bertz CT molecular complexity index is 765. The van der Waals surface area contributed by atoms with Crippen molar-refractivity contribution < 1.29 is 14.1 Å². The molecule has 4 rings (SSSR count). The van der Waals surface area contributed by atoms with Crippen LogP contribution in [0.4, 0.5) is 0 Å². The van der Waals surface area contributed by atoms with Crippen LogP contribution in [0.2, 0.25) is 0 Å². The Hall–Kier alpha value is -2.44. The van der Waals surface area contributed by atoms with Crippen LogP contribution < -0.4 is 10.1 Å². The smallest absolute Gasteiger partial charge is 0.253 e. The van der Waals surface area contributed by atoms with Crippen molar-refractivity contribution in [3.05, 3.63) is 35.6 Å². The van der Waals surface area contributed by atoms with Crippen LogP contribution >= 0.6 is 0 Å². The Morgan fingerprint density at radius 1 is 1.36 bits per heavy atom. The molecule has 2 aliphatic rings. The van der Waals surface area contributed by atoms with Gasteiger partial charge in [0.05, 0.1) is 12.2 Å². The number of aromatic nitrogens is 3. The highest BCUT2D eigenvalue weighted by Crippen LogP contribution is 2.44. The normalized spacial score (nSPS) is 19.3. The molecular formula is C18H22N4O3. The fourth-order valence-corrected chi connectivity index (χ4v) is 2.91. The third kappa shape index (κ3) is 3.50. The van der Waals surface area contributed by atoms with Gasteiger partial charge in [-0.05, 0) is 50.5 Å². The van der Waals surface area contributed by atoms with Gasteiger partial charge in [-0.15, -0.1) is 0 Å². The Morgan fingerprint density at radius 2 is 2.16 bits per heavy atom. The average Bonchev–Trinajstić information content (AvgIpc) is 3.52. The number of aryl methyl sites for hydroxylation is 1. The number of carbonyl (C=O) groups is 1. The van der Waals surface area contributed by atoms with E-state index in [1.165, 1.54) is 12.8 Å². The molecule has 1 N–H and O–H groups in total. The zero-order chi connectivity index (χ0) is 17.4. The Balaban J connectivity index is 1.45. The molecule has 7 nitrogen and oxygen atoms in total. The predicted molar refractivity (Wildman–Crippen MR) is 89.0 cm³/mol. The van der Waals surface area contributed by atoms with Gasteiger partial charge in [0.25, 0.3) is 5.91 Å². The number of hydrogen-bond donors (Lipinski definition) is 1. The summed E-state index contributed by atoms with van der Waals surface area (Å²) in [7, 11) is 0. The molecule has 0 radical (unpaired) electrons. The second-order valence-corrected chi connectivity index (χ2v) is 7.21. The minimum absolute atomic E-state index is 0.196. The molecule has 2 aliphatic carbocycles. The topological polar surface area (TPSA) is 90.1 Å². The van der Waals surface area contributed by atoms with Crippen LogP contribution in [0.3, 0.4) is 0 Å². The molecule has 1 atom stereocenters. The van der Waals surface area contributed by atoms with Crippen molar-refractivity contribution in [3.63, 3.8) is 0 Å². The molecule has 0 bridgehead atoms. The average molecular weight is 342 g/mol. The molecular weight excluding hydrogens is 320 g/mol. The maximum absolute atomic E-state index is 12.7. The fraction of sp³-hybridized carbons (Fsp3) is 0.556. The number of hydrogen-bond acceptors (Lipinski definition) is 6. The Labute approximate surface area is 146 Å². The van der Waals surface area contributed by atoms with E-state index in [2.05, 4.69) is 20.4 Å². The van der Waals surface area contributed by atoms with E-state index in [-0.39, 0.29) is 5.91 Å². The highest BCUT2D eigenvalue weighted by Gasteiger charge is 2.47.